The molecule has 34 heavy (non-hydrogen) atoms. The van der Waals surface area contributed by atoms with Gasteiger partial charge in [-0.1, -0.05) is 18.2 Å². The van der Waals surface area contributed by atoms with Crippen LogP contribution in [-0.2, 0) is 10.9 Å². The van der Waals surface area contributed by atoms with Gasteiger partial charge in [0.1, 0.15) is 35.8 Å². The number of benzene rings is 1. The summed E-state index contributed by atoms with van der Waals surface area (Å²) in [5.41, 5.74) is -0.222. The maximum absolute atomic E-state index is 13.2. The molecule has 3 atom stereocenters. The summed E-state index contributed by atoms with van der Waals surface area (Å²) < 4.78 is 87.8. The number of nitrogens with zero attached hydrogens (tertiary/aromatic N) is 3. The topological polar surface area (TPSA) is 75.3 Å². The molecule has 0 amide bonds. The monoisotopic (exact) mass is 487 g/mol. The van der Waals surface area contributed by atoms with Crippen molar-refractivity contribution in [1.82, 2.24) is 19.9 Å². The van der Waals surface area contributed by atoms with Crippen molar-refractivity contribution in [3.63, 3.8) is 0 Å². The molecular formula is C21H19F6N5O2. The van der Waals surface area contributed by atoms with Gasteiger partial charge in [0.05, 0.1) is 23.6 Å². The third-order valence-corrected chi connectivity index (χ3v) is 6.02. The van der Waals surface area contributed by atoms with Gasteiger partial charge >= 0.3 is 12.5 Å². The Morgan fingerprint density at radius 1 is 1.12 bits per heavy atom. The predicted molar refractivity (Wildman–Crippen MR) is 108 cm³/mol. The van der Waals surface area contributed by atoms with Gasteiger partial charge in [0.25, 0.3) is 0 Å². The molecule has 1 saturated heterocycles. The number of anilines is 1. The van der Waals surface area contributed by atoms with Crippen molar-refractivity contribution in [1.29, 1.82) is 0 Å². The van der Waals surface area contributed by atoms with E-state index >= 15 is 0 Å². The molecule has 0 saturated carbocycles. The fourth-order valence-corrected chi connectivity index (χ4v) is 4.53. The lowest BCUT2D eigenvalue weighted by molar-refractivity contribution is -0.340. The Balaban J connectivity index is 1.47. The molecular weight excluding hydrogens is 468 g/mol. The van der Waals surface area contributed by atoms with E-state index in [2.05, 4.69) is 25.0 Å². The molecule has 1 aromatic carbocycles. The zero-order valence-corrected chi connectivity index (χ0v) is 17.5. The Morgan fingerprint density at radius 3 is 2.68 bits per heavy atom. The molecule has 2 aliphatic rings. The molecule has 7 nitrogen and oxygen atoms in total. The van der Waals surface area contributed by atoms with E-state index < -0.39 is 36.4 Å². The fourth-order valence-electron chi connectivity index (χ4n) is 4.53. The smallest absolute Gasteiger partial charge is 0.491 e. The van der Waals surface area contributed by atoms with Crippen LogP contribution in [0.3, 0.4) is 0 Å². The lowest BCUT2D eigenvalue weighted by atomic mass is 9.95. The van der Waals surface area contributed by atoms with Crippen LogP contribution >= 0.6 is 0 Å². The van der Waals surface area contributed by atoms with Crippen LogP contribution in [0.1, 0.15) is 23.7 Å². The molecule has 4 heterocycles. The normalized spacial score (nSPS) is 23.6. The highest BCUT2D eigenvalue weighted by molar-refractivity contribution is 5.88. The van der Waals surface area contributed by atoms with Crippen LogP contribution in [0.15, 0.2) is 36.7 Å². The van der Waals surface area contributed by atoms with E-state index in [1.165, 1.54) is 0 Å². The SMILES string of the molecule is FC(F)(F)O[C@H]1CCN([C@H]2COc3ccccc3[C@@H]2Nc2ncnc3[nH]c(C(F)(F)F)cc23)C1. The maximum atomic E-state index is 13.2. The Kier molecular flexibility index (Phi) is 5.55. The number of hydrogen-bond acceptors (Lipinski definition) is 6. The molecule has 0 spiro atoms. The van der Waals surface area contributed by atoms with Crippen LogP contribution in [0.2, 0.25) is 0 Å². The van der Waals surface area contributed by atoms with Crippen molar-refractivity contribution in [3.05, 3.63) is 47.9 Å². The summed E-state index contributed by atoms with van der Waals surface area (Å²) in [6.07, 6.45) is -9.00. The van der Waals surface area contributed by atoms with E-state index in [1.54, 1.807) is 24.3 Å². The Labute approximate surface area is 189 Å². The summed E-state index contributed by atoms with van der Waals surface area (Å²) >= 11 is 0. The molecule has 1 fully saturated rings. The first-order valence-corrected chi connectivity index (χ1v) is 10.5. The van der Waals surface area contributed by atoms with Gasteiger partial charge in [-0.2, -0.15) is 13.2 Å². The Bertz CT molecular complexity index is 1180. The van der Waals surface area contributed by atoms with Gasteiger partial charge in [-0.05, 0) is 18.6 Å². The minimum Gasteiger partial charge on any atom is -0.491 e. The predicted octanol–water partition coefficient (Wildman–Crippen LogP) is 4.50. The third kappa shape index (κ3) is 4.49. The number of hydrogen-bond donors (Lipinski definition) is 2. The first-order valence-electron chi connectivity index (χ1n) is 10.5. The molecule has 13 heteroatoms. The number of fused-ring (bicyclic) bond motifs is 2. The average molecular weight is 487 g/mol. The molecule has 0 unspecified atom stereocenters. The van der Waals surface area contributed by atoms with E-state index in [9.17, 15) is 26.3 Å². The van der Waals surface area contributed by atoms with Crippen molar-refractivity contribution in [2.45, 2.75) is 37.1 Å². The lowest BCUT2D eigenvalue weighted by Crippen LogP contribution is -2.47. The molecule has 0 bridgehead atoms. The van der Waals surface area contributed by atoms with E-state index in [0.29, 0.717) is 12.3 Å². The maximum Gasteiger partial charge on any atom is 0.522 e. The largest absolute Gasteiger partial charge is 0.522 e. The molecule has 0 aliphatic carbocycles. The summed E-state index contributed by atoms with van der Waals surface area (Å²) in [5, 5.41) is 3.36. The first kappa shape index (κ1) is 22.7. The van der Waals surface area contributed by atoms with E-state index in [-0.39, 0.29) is 36.4 Å². The summed E-state index contributed by atoms with van der Waals surface area (Å²) in [5.74, 6) is 0.750. The van der Waals surface area contributed by atoms with Crippen molar-refractivity contribution < 1.29 is 35.8 Å². The average Bonchev–Trinajstić information content (AvgIpc) is 3.40. The molecule has 3 aromatic rings. The second-order valence-corrected chi connectivity index (χ2v) is 8.17. The fraction of sp³-hybridized carbons (Fsp3) is 0.429. The Hall–Kier alpha value is -3.06. The van der Waals surface area contributed by atoms with E-state index in [1.807, 2.05) is 4.90 Å². The standard InChI is InChI=1S/C21H19F6N5O2/c22-20(23,24)16-7-13-18(30-16)28-10-29-19(13)31-17-12-3-1-2-4-15(12)33-9-14(17)32-6-5-11(8-32)34-21(25,26)27/h1-4,7,10-11,14,17H,5-6,8-9H2,(H2,28,29,30,31)/t11-,14-,17-/m0/s1. The number of para-hydroxylation sites is 1. The van der Waals surface area contributed by atoms with Crippen LogP contribution in [0.4, 0.5) is 32.2 Å². The summed E-state index contributed by atoms with van der Waals surface area (Å²) in [6, 6.07) is 7.13. The second-order valence-electron chi connectivity index (χ2n) is 8.17. The van der Waals surface area contributed by atoms with Gasteiger partial charge in [-0.3, -0.25) is 9.64 Å². The van der Waals surface area contributed by atoms with Crippen molar-refractivity contribution in [2.24, 2.45) is 0 Å². The number of halogens is 6. The lowest BCUT2D eigenvalue weighted by Gasteiger charge is -2.39. The van der Waals surface area contributed by atoms with Crippen molar-refractivity contribution >= 4 is 16.9 Å². The van der Waals surface area contributed by atoms with Gasteiger partial charge in [-0.25, -0.2) is 9.97 Å². The quantitative estimate of drug-likeness (QED) is 0.528. The number of rotatable bonds is 4. The number of alkyl halides is 6. The molecule has 0 radical (unpaired) electrons. The molecule has 2 N–H and O–H groups in total. The zero-order chi connectivity index (χ0) is 24.1. The van der Waals surface area contributed by atoms with E-state index in [0.717, 1.165) is 18.0 Å². The molecule has 182 valence electrons. The minimum atomic E-state index is -4.73. The second kappa shape index (κ2) is 8.31. The summed E-state index contributed by atoms with van der Waals surface area (Å²) in [7, 11) is 0. The number of ether oxygens (including phenoxy) is 2. The molecule has 2 aliphatic heterocycles. The number of H-pyrrole nitrogens is 1. The van der Waals surface area contributed by atoms with Gasteiger partial charge < -0.3 is 15.0 Å². The molecule has 2 aromatic heterocycles. The van der Waals surface area contributed by atoms with Crippen LogP contribution in [0.25, 0.3) is 11.0 Å². The highest BCUT2D eigenvalue weighted by atomic mass is 19.4. The Morgan fingerprint density at radius 2 is 1.91 bits per heavy atom. The number of nitrogens with one attached hydrogen (secondary N) is 2. The third-order valence-electron chi connectivity index (χ3n) is 6.02. The van der Waals surface area contributed by atoms with Gasteiger partial charge in [0.15, 0.2) is 0 Å². The minimum absolute atomic E-state index is 0.0153. The zero-order valence-electron chi connectivity index (χ0n) is 17.5. The number of aromatic amines is 1. The van der Waals surface area contributed by atoms with Crippen LogP contribution in [-0.4, -0.2) is 58.1 Å². The van der Waals surface area contributed by atoms with E-state index in [4.69, 9.17) is 4.74 Å². The van der Waals surface area contributed by atoms with Crippen LogP contribution in [0, 0.1) is 0 Å². The summed E-state index contributed by atoms with van der Waals surface area (Å²) in [6.45, 7) is 0.550. The highest BCUT2D eigenvalue weighted by Gasteiger charge is 2.42. The van der Waals surface area contributed by atoms with Crippen molar-refractivity contribution in [3.8, 4) is 5.75 Å². The molecule has 5 rings (SSSR count). The van der Waals surface area contributed by atoms with Gasteiger partial charge in [-0.15, -0.1) is 13.2 Å². The number of aromatic nitrogens is 3. The van der Waals surface area contributed by atoms with Crippen molar-refractivity contribution in [2.75, 3.05) is 25.0 Å². The van der Waals surface area contributed by atoms with Crippen LogP contribution < -0.4 is 10.1 Å². The number of likely N-dealkylation sites (tertiary alicyclic amines) is 1. The first-order chi connectivity index (χ1) is 16.1. The van der Waals surface area contributed by atoms with Crippen LogP contribution in [0.5, 0.6) is 5.75 Å². The summed E-state index contributed by atoms with van der Waals surface area (Å²) in [4.78, 5) is 12.1. The van der Waals surface area contributed by atoms with Gasteiger partial charge in [0, 0.05) is 18.7 Å². The van der Waals surface area contributed by atoms with Gasteiger partial charge in [0.2, 0.25) is 0 Å². The highest BCUT2D eigenvalue weighted by Crippen LogP contribution is 2.39.